The number of amides is 1. The molecule has 2 atom stereocenters. The summed E-state index contributed by atoms with van der Waals surface area (Å²) >= 11 is 12.5. The number of methoxy groups -OCH3 is 2. The highest BCUT2D eigenvalue weighted by Crippen LogP contribution is 2.44. The molecule has 0 bridgehead atoms. The van der Waals surface area contributed by atoms with Crippen molar-refractivity contribution < 1.29 is 14.3 Å². The number of anilines is 2. The molecule has 0 spiro atoms. The van der Waals surface area contributed by atoms with Gasteiger partial charge in [0.05, 0.1) is 35.2 Å². The molecule has 4 aromatic rings. The van der Waals surface area contributed by atoms with E-state index in [4.69, 9.17) is 33.3 Å². The molecule has 2 N–H and O–H groups in total. The first kappa shape index (κ1) is 25.7. The van der Waals surface area contributed by atoms with Crippen molar-refractivity contribution in [1.82, 2.24) is 14.9 Å². The van der Waals surface area contributed by atoms with Gasteiger partial charge in [-0.05, 0) is 66.8 Å². The molecule has 1 saturated heterocycles. The van der Waals surface area contributed by atoms with Gasteiger partial charge in [-0.3, -0.25) is 9.78 Å². The highest BCUT2D eigenvalue weighted by molar-refractivity contribution is 7.80. The molecule has 2 aromatic heterocycles. The third kappa shape index (κ3) is 4.96. The Balaban J connectivity index is 1.60. The second kappa shape index (κ2) is 11.2. The van der Waals surface area contributed by atoms with Gasteiger partial charge in [0.25, 0.3) is 0 Å². The molecule has 0 radical (unpaired) electrons. The Bertz CT molecular complexity index is 1460. The largest absolute Gasteiger partial charge is 0.495 e. The van der Waals surface area contributed by atoms with Crippen molar-refractivity contribution in [2.75, 3.05) is 31.0 Å². The second-order valence-corrected chi connectivity index (χ2v) is 9.41. The van der Waals surface area contributed by atoms with E-state index in [1.165, 1.54) is 7.11 Å². The number of para-hydroxylation sites is 2. The van der Waals surface area contributed by atoms with Gasteiger partial charge in [0.1, 0.15) is 18.4 Å². The van der Waals surface area contributed by atoms with Crippen LogP contribution in [0.1, 0.15) is 23.5 Å². The van der Waals surface area contributed by atoms with Crippen LogP contribution in [0.4, 0.5) is 11.4 Å². The number of carbonyl (C=O) groups excluding carboxylic acids is 1. The van der Waals surface area contributed by atoms with Gasteiger partial charge in [0.2, 0.25) is 5.91 Å². The molecule has 194 valence electrons. The normalized spacial score (nSPS) is 16.8. The first-order valence-corrected chi connectivity index (χ1v) is 12.7. The minimum Gasteiger partial charge on any atom is -0.495 e. The minimum atomic E-state index is -0.289. The summed E-state index contributed by atoms with van der Waals surface area (Å²) in [5.41, 5.74) is 4.00. The van der Waals surface area contributed by atoms with Gasteiger partial charge in [-0.15, -0.1) is 0 Å². The van der Waals surface area contributed by atoms with Gasteiger partial charge in [-0.25, -0.2) is 0 Å². The Hall–Kier alpha value is -3.92. The fourth-order valence-electron chi connectivity index (χ4n) is 4.69. The Morgan fingerprint density at radius 2 is 1.92 bits per heavy atom. The summed E-state index contributed by atoms with van der Waals surface area (Å²) in [6.45, 7) is -0.0635. The van der Waals surface area contributed by atoms with Crippen LogP contribution in [0.5, 0.6) is 5.75 Å². The molecule has 1 aliphatic heterocycles. The number of pyridine rings is 1. The Morgan fingerprint density at radius 1 is 1.11 bits per heavy atom. The number of nitrogens with one attached hydrogen (secondary N) is 2. The van der Waals surface area contributed by atoms with E-state index in [1.807, 2.05) is 65.7 Å². The molecular weight excluding hydrogens is 522 g/mol. The number of carbonyl (C=O) groups is 1. The molecule has 3 heterocycles. The van der Waals surface area contributed by atoms with Gasteiger partial charge >= 0.3 is 0 Å². The van der Waals surface area contributed by atoms with Crippen LogP contribution >= 0.6 is 23.8 Å². The van der Waals surface area contributed by atoms with Crippen molar-refractivity contribution in [1.29, 1.82) is 0 Å². The molecule has 0 aliphatic carbocycles. The van der Waals surface area contributed by atoms with Crippen LogP contribution < -0.4 is 20.3 Å². The van der Waals surface area contributed by atoms with Crippen molar-refractivity contribution in [3.8, 4) is 11.4 Å². The van der Waals surface area contributed by atoms with Crippen LogP contribution in [0.3, 0.4) is 0 Å². The van der Waals surface area contributed by atoms with Crippen molar-refractivity contribution in [2.45, 2.75) is 12.1 Å². The zero-order valence-corrected chi connectivity index (χ0v) is 22.4. The number of ether oxygens (including phenoxy) is 2. The lowest BCUT2D eigenvalue weighted by atomic mass is 10.0. The van der Waals surface area contributed by atoms with Gasteiger partial charge in [-0.2, -0.15) is 0 Å². The third-order valence-corrected chi connectivity index (χ3v) is 6.93. The van der Waals surface area contributed by atoms with Gasteiger partial charge in [0, 0.05) is 30.9 Å². The summed E-state index contributed by atoms with van der Waals surface area (Å²) in [5, 5.41) is 7.15. The Kier molecular flexibility index (Phi) is 7.59. The van der Waals surface area contributed by atoms with Crippen molar-refractivity contribution in [2.24, 2.45) is 0 Å². The van der Waals surface area contributed by atoms with E-state index in [2.05, 4.69) is 26.3 Å². The highest BCUT2D eigenvalue weighted by Gasteiger charge is 2.42. The van der Waals surface area contributed by atoms with Crippen LogP contribution in [0.15, 0.2) is 85.2 Å². The maximum absolute atomic E-state index is 12.0. The van der Waals surface area contributed by atoms with Crippen molar-refractivity contribution in [3.63, 3.8) is 0 Å². The van der Waals surface area contributed by atoms with E-state index in [0.717, 1.165) is 28.5 Å². The second-order valence-electron chi connectivity index (χ2n) is 8.62. The quantitative estimate of drug-likeness (QED) is 0.290. The van der Waals surface area contributed by atoms with Crippen LogP contribution in [0.25, 0.3) is 5.69 Å². The fourth-order valence-corrected chi connectivity index (χ4v) is 5.26. The molecule has 38 heavy (non-hydrogen) atoms. The highest BCUT2D eigenvalue weighted by atomic mass is 35.5. The topological polar surface area (TPSA) is 80.7 Å². The molecule has 1 amide bonds. The van der Waals surface area contributed by atoms with E-state index < -0.39 is 0 Å². The summed E-state index contributed by atoms with van der Waals surface area (Å²) in [4.78, 5) is 18.7. The summed E-state index contributed by atoms with van der Waals surface area (Å²) in [5.74, 6) is 0.460. The number of thiocarbonyl (C=S) groups is 1. The summed E-state index contributed by atoms with van der Waals surface area (Å²) in [6.07, 6.45) is 3.77. The van der Waals surface area contributed by atoms with E-state index in [0.29, 0.717) is 15.8 Å². The van der Waals surface area contributed by atoms with E-state index in [1.54, 1.807) is 25.4 Å². The standard InChI is InChI=1S/C28H26ClN5O3S/c1-36-17-25(35)31-20-13-12-18(16-19(20)29)34-27(26(32-28(34)38)21-8-5-6-14-30-21)23-10-7-15-33(23)22-9-3-4-11-24(22)37-2/h3-16,26-27H,17H2,1-2H3,(H,31,35)(H,32,38)/t26-,27+/m1/s1. The smallest absolute Gasteiger partial charge is 0.250 e. The number of benzene rings is 2. The number of nitrogens with zero attached hydrogens (tertiary/aromatic N) is 3. The molecular formula is C28H26ClN5O3S. The molecule has 10 heteroatoms. The molecule has 8 nitrogen and oxygen atoms in total. The number of aromatic nitrogens is 2. The number of halogens is 1. The van der Waals surface area contributed by atoms with E-state index >= 15 is 0 Å². The maximum atomic E-state index is 12.0. The van der Waals surface area contributed by atoms with Gasteiger partial charge < -0.3 is 29.6 Å². The lowest BCUT2D eigenvalue weighted by Crippen LogP contribution is -2.30. The summed E-state index contributed by atoms with van der Waals surface area (Å²) in [6, 6.07) is 22.7. The van der Waals surface area contributed by atoms with E-state index in [9.17, 15) is 4.79 Å². The van der Waals surface area contributed by atoms with Crippen LogP contribution in [0.2, 0.25) is 5.02 Å². The fraction of sp³-hybridized carbons (Fsp3) is 0.179. The Morgan fingerprint density at radius 3 is 2.66 bits per heavy atom. The van der Waals surface area contributed by atoms with Crippen LogP contribution in [0, 0.1) is 0 Å². The molecule has 0 unspecified atom stereocenters. The van der Waals surface area contributed by atoms with Crippen molar-refractivity contribution >= 4 is 46.2 Å². The zero-order valence-electron chi connectivity index (χ0n) is 20.8. The SMILES string of the molecule is COCC(=O)Nc1ccc(N2C(=S)N[C@H](c3ccccn3)[C@@H]2c2cccn2-c2ccccc2OC)cc1Cl. The van der Waals surface area contributed by atoms with Gasteiger partial charge in [-0.1, -0.05) is 29.8 Å². The van der Waals surface area contributed by atoms with Crippen LogP contribution in [-0.2, 0) is 9.53 Å². The maximum Gasteiger partial charge on any atom is 0.250 e. The zero-order chi connectivity index (χ0) is 26.6. The minimum absolute atomic E-state index is 0.0635. The molecule has 0 saturated carbocycles. The monoisotopic (exact) mass is 547 g/mol. The Labute approximate surface area is 231 Å². The molecule has 1 fully saturated rings. The summed E-state index contributed by atoms with van der Waals surface area (Å²) < 4.78 is 12.7. The average molecular weight is 548 g/mol. The molecule has 5 rings (SSSR count). The first-order chi connectivity index (χ1) is 18.5. The predicted molar refractivity (Wildman–Crippen MR) is 152 cm³/mol. The number of hydrogen-bond donors (Lipinski definition) is 2. The number of hydrogen-bond acceptors (Lipinski definition) is 5. The van der Waals surface area contributed by atoms with Crippen molar-refractivity contribution in [3.05, 3.63) is 102 Å². The number of rotatable bonds is 8. The average Bonchev–Trinajstić information content (AvgIpc) is 3.54. The lowest BCUT2D eigenvalue weighted by molar-refractivity contribution is -0.119. The summed E-state index contributed by atoms with van der Waals surface area (Å²) in [7, 11) is 3.12. The van der Waals surface area contributed by atoms with Crippen LogP contribution in [-0.4, -0.2) is 41.4 Å². The molecule has 1 aliphatic rings. The third-order valence-electron chi connectivity index (χ3n) is 6.31. The predicted octanol–water partition coefficient (Wildman–Crippen LogP) is 5.30. The molecule has 2 aromatic carbocycles. The van der Waals surface area contributed by atoms with E-state index in [-0.39, 0.29) is 24.6 Å². The lowest BCUT2D eigenvalue weighted by Gasteiger charge is -2.29. The first-order valence-electron chi connectivity index (χ1n) is 11.9. The van der Waals surface area contributed by atoms with Gasteiger partial charge in [0.15, 0.2) is 5.11 Å².